The number of Topliss-reactive ketones (excluding diaryl/α,β-unsaturated/α-hetero) is 1. The van der Waals surface area contributed by atoms with Crippen LogP contribution in [0.2, 0.25) is 0 Å². The van der Waals surface area contributed by atoms with Gasteiger partial charge in [-0.1, -0.05) is 0 Å². The molecule has 0 fully saturated rings. The summed E-state index contributed by atoms with van der Waals surface area (Å²) in [7, 11) is 0. The first-order valence-corrected chi connectivity index (χ1v) is 5.22. The van der Waals surface area contributed by atoms with Gasteiger partial charge < -0.3 is 0 Å². The van der Waals surface area contributed by atoms with E-state index in [1.54, 1.807) is 12.1 Å². The van der Waals surface area contributed by atoms with Crippen LogP contribution in [0.1, 0.15) is 17.3 Å². The first-order chi connectivity index (χ1) is 6.56. The van der Waals surface area contributed by atoms with Crippen molar-refractivity contribution in [1.29, 1.82) is 0 Å². The highest BCUT2D eigenvalue weighted by molar-refractivity contribution is 9.11. The van der Waals surface area contributed by atoms with E-state index < -0.39 is 0 Å². The van der Waals surface area contributed by atoms with Crippen LogP contribution in [0.4, 0.5) is 5.69 Å². The van der Waals surface area contributed by atoms with Gasteiger partial charge in [-0.3, -0.25) is 4.79 Å². The van der Waals surface area contributed by atoms with E-state index in [0.717, 1.165) is 0 Å². The Bertz CT molecular complexity index is 413. The normalized spacial score (nSPS) is 9.36. The van der Waals surface area contributed by atoms with Gasteiger partial charge in [-0.15, -0.1) is 0 Å². The van der Waals surface area contributed by atoms with E-state index in [1.165, 1.54) is 13.0 Å². The molecule has 0 aliphatic rings. The summed E-state index contributed by atoms with van der Waals surface area (Å²) in [5, 5.41) is 0. The summed E-state index contributed by atoms with van der Waals surface area (Å²) >= 11 is 6.42. The minimum atomic E-state index is -0.0481. The van der Waals surface area contributed by atoms with Gasteiger partial charge in [0.1, 0.15) is 5.69 Å². The van der Waals surface area contributed by atoms with Crippen LogP contribution in [-0.2, 0) is 4.79 Å². The monoisotopic (exact) mass is 317 g/mol. The second-order valence-electron chi connectivity index (χ2n) is 2.55. The molecule has 1 aromatic carbocycles. The Morgan fingerprint density at radius 3 is 2.21 bits per heavy atom. The predicted octanol–water partition coefficient (Wildman–Crippen LogP) is 3.38. The fourth-order valence-electron chi connectivity index (χ4n) is 0.921. The summed E-state index contributed by atoms with van der Waals surface area (Å²) in [6.45, 7) is 1.47. The molecule has 1 rings (SSSR count). The lowest BCUT2D eigenvalue weighted by Gasteiger charge is -2.02. The van der Waals surface area contributed by atoms with Gasteiger partial charge in [-0.25, -0.2) is 4.79 Å². The lowest BCUT2D eigenvalue weighted by molar-refractivity contribution is 0.101. The van der Waals surface area contributed by atoms with Gasteiger partial charge in [0.05, 0.1) is 0 Å². The number of rotatable bonds is 2. The number of halogens is 2. The van der Waals surface area contributed by atoms with Crippen molar-refractivity contribution in [1.82, 2.24) is 0 Å². The molecule has 1 aromatic rings. The zero-order chi connectivity index (χ0) is 10.7. The van der Waals surface area contributed by atoms with Crippen LogP contribution in [0.5, 0.6) is 0 Å². The lowest BCUT2D eigenvalue weighted by Crippen LogP contribution is -1.91. The molecule has 0 heterocycles. The van der Waals surface area contributed by atoms with Crippen molar-refractivity contribution in [3.8, 4) is 0 Å². The summed E-state index contributed by atoms with van der Waals surface area (Å²) in [5.41, 5.74) is 0.985. The highest BCUT2D eigenvalue weighted by atomic mass is 79.9. The van der Waals surface area contributed by atoms with Gasteiger partial charge in [0.2, 0.25) is 6.08 Å². The molecule has 0 bridgehead atoms. The van der Waals surface area contributed by atoms with Gasteiger partial charge >= 0.3 is 0 Å². The molecule has 0 saturated heterocycles. The molecule has 0 amide bonds. The number of carbonyl (C=O) groups excluding carboxylic acids is 2. The molecule has 0 spiro atoms. The number of benzene rings is 1. The molecule has 14 heavy (non-hydrogen) atoms. The first kappa shape index (κ1) is 11.3. The number of hydrogen-bond donors (Lipinski definition) is 0. The van der Waals surface area contributed by atoms with E-state index in [4.69, 9.17) is 0 Å². The smallest absolute Gasteiger partial charge is 0.240 e. The standard InChI is InChI=1S/C9H5Br2NO2/c1-5(14)6-2-7(10)9(12-4-13)8(11)3-6/h2-3H,1H3. The molecule has 0 aromatic heterocycles. The summed E-state index contributed by atoms with van der Waals surface area (Å²) in [6.07, 6.45) is 1.44. The summed E-state index contributed by atoms with van der Waals surface area (Å²) < 4.78 is 1.17. The predicted molar refractivity (Wildman–Crippen MR) is 59.6 cm³/mol. The maximum Gasteiger partial charge on any atom is 0.240 e. The van der Waals surface area contributed by atoms with Crippen molar-refractivity contribution in [3.05, 3.63) is 26.6 Å². The topological polar surface area (TPSA) is 46.5 Å². The first-order valence-electron chi connectivity index (χ1n) is 3.64. The Labute approximate surface area is 97.5 Å². The number of isocyanates is 1. The van der Waals surface area contributed by atoms with E-state index in [-0.39, 0.29) is 5.78 Å². The molecule has 72 valence electrons. The maximum atomic E-state index is 11.1. The number of nitrogens with zero attached hydrogens (tertiary/aromatic N) is 1. The molecule has 0 aliphatic heterocycles. The number of ketones is 1. The van der Waals surface area contributed by atoms with Crippen molar-refractivity contribution in [2.75, 3.05) is 0 Å². The van der Waals surface area contributed by atoms with Crippen LogP contribution in [0.3, 0.4) is 0 Å². The average molecular weight is 319 g/mol. The van der Waals surface area contributed by atoms with Crippen LogP contribution in [0.25, 0.3) is 0 Å². The van der Waals surface area contributed by atoms with Crippen LogP contribution < -0.4 is 0 Å². The van der Waals surface area contributed by atoms with E-state index >= 15 is 0 Å². The molecule has 3 nitrogen and oxygen atoms in total. The van der Waals surface area contributed by atoms with Gasteiger partial charge in [0.15, 0.2) is 5.78 Å². The SMILES string of the molecule is CC(=O)c1cc(Br)c(N=C=O)c(Br)c1. The highest BCUT2D eigenvalue weighted by Crippen LogP contribution is 2.34. The summed E-state index contributed by atoms with van der Waals surface area (Å²) in [6, 6.07) is 3.23. The quantitative estimate of drug-likeness (QED) is 0.477. The summed E-state index contributed by atoms with van der Waals surface area (Å²) in [5.74, 6) is -0.0481. The van der Waals surface area contributed by atoms with Crippen molar-refractivity contribution in [2.45, 2.75) is 6.92 Å². The molecule has 0 radical (unpaired) electrons. The van der Waals surface area contributed by atoms with Gasteiger partial charge in [0.25, 0.3) is 0 Å². The second-order valence-corrected chi connectivity index (χ2v) is 4.26. The third-order valence-electron chi connectivity index (χ3n) is 1.58. The second kappa shape index (κ2) is 4.64. The van der Waals surface area contributed by atoms with Crippen LogP contribution in [-0.4, -0.2) is 11.9 Å². The summed E-state index contributed by atoms with van der Waals surface area (Å²) in [4.78, 5) is 24.7. The fourth-order valence-corrected chi connectivity index (χ4v) is 2.29. The third kappa shape index (κ3) is 2.38. The van der Waals surface area contributed by atoms with Crippen LogP contribution >= 0.6 is 31.9 Å². The average Bonchev–Trinajstić information content (AvgIpc) is 2.10. The Morgan fingerprint density at radius 1 is 1.36 bits per heavy atom. The number of aliphatic imine (C=N–C) groups is 1. The minimum absolute atomic E-state index is 0.0481. The lowest BCUT2D eigenvalue weighted by atomic mass is 10.1. The van der Waals surface area contributed by atoms with E-state index in [1.807, 2.05) is 0 Å². The largest absolute Gasteiger partial charge is 0.295 e. The molecule has 0 aliphatic carbocycles. The number of hydrogen-bond acceptors (Lipinski definition) is 3. The Kier molecular flexibility index (Phi) is 3.75. The van der Waals surface area contributed by atoms with Gasteiger partial charge in [-0.2, -0.15) is 4.99 Å². The molecular formula is C9H5Br2NO2. The highest BCUT2D eigenvalue weighted by Gasteiger charge is 2.08. The Morgan fingerprint density at radius 2 is 1.86 bits per heavy atom. The molecule has 0 atom stereocenters. The number of carbonyl (C=O) groups is 1. The van der Waals surface area contributed by atoms with Crippen molar-refractivity contribution in [3.63, 3.8) is 0 Å². The maximum absolute atomic E-state index is 11.1. The third-order valence-corrected chi connectivity index (χ3v) is 2.79. The van der Waals surface area contributed by atoms with Crippen LogP contribution in [0, 0.1) is 0 Å². The Balaban J connectivity index is 3.39. The molecular weight excluding hydrogens is 314 g/mol. The zero-order valence-electron chi connectivity index (χ0n) is 7.17. The molecule has 5 heteroatoms. The zero-order valence-corrected chi connectivity index (χ0v) is 10.3. The Hall–Kier alpha value is -0.770. The van der Waals surface area contributed by atoms with Crippen LogP contribution in [0.15, 0.2) is 26.1 Å². The van der Waals surface area contributed by atoms with Crippen molar-refractivity contribution in [2.24, 2.45) is 4.99 Å². The van der Waals surface area contributed by atoms with Gasteiger partial charge in [0, 0.05) is 14.5 Å². The van der Waals surface area contributed by atoms with E-state index in [9.17, 15) is 9.59 Å². The minimum Gasteiger partial charge on any atom is -0.295 e. The molecule has 0 N–H and O–H groups in total. The molecule has 0 saturated carbocycles. The van der Waals surface area contributed by atoms with Crippen molar-refractivity contribution < 1.29 is 9.59 Å². The van der Waals surface area contributed by atoms with Crippen molar-refractivity contribution >= 4 is 49.4 Å². The molecule has 0 unspecified atom stereocenters. The van der Waals surface area contributed by atoms with Gasteiger partial charge in [-0.05, 0) is 50.9 Å². The van der Waals surface area contributed by atoms with E-state index in [0.29, 0.717) is 20.2 Å². The fraction of sp³-hybridized carbons (Fsp3) is 0.111. The van der Waals surface area contributed by atoms with E-state index in [2.05, 4.69) is 36.9 Å².